The van der Waals surface area contributed by atoms with Crippen LogP contribution in [0.4, 0.5) is 0 Å². The molecule has 1 amide bonds. The first-order chi connectivity index (χ1) is 9.61. The van der Waals surface area contributed by atoms with Crippen molar-refractivity contribution in [3.05, 3.63) is 69.7 Å². The fourth-order valence-electron chi connectivity index (χ4n) is 2.32. The molecule has 0 radical (unpaired) electrons. The van der Waals surface area contributed by atoms with E-state index >= 15 is 0 Å². The topological polar surface area (TPSA) is 29.1 Å². The van der Waals surface area contributed by atoms with Gasteiger partial charge in [0.1, 0.15) is 0 Å². The zero-order valence-electron chi connectivity index (χ0n) is 10.7. The quantitative estimate of drug-likeness (QED) is 0.894. The van der Waals surface area contributed by atoms with Crippen LogP contribution >= 0.6 is 23.2 Å². The highest BCUT2D eigenvalue weighted by Gasteiger charge is 2.45. The Hall–Kier alpha value is -1.51. The lowest BCUT2D eigenvalue weighted by Gasteiger charge is -2.18. The van der Waals surface area contributed by atoms with E-state index in [0.717, 1.165) is 18.4 Å². The van der Waals surface area contributed by atoms with Crippen molar-refractivity contribution in [2.75, 3.05) is 0 Å². The Balaban J connectivity index is 1.85. The lowest BCUT2D eigenvalue weighted by atomic mass is 10.0. The molecule has 0 heterocycles. The molecule has 0 atom stereocenters. The van der Waals surface area contributed by atoms with E-state index < -0.39 is 0 Å². The third-order valence-corrected chi connectivity index (χ3v) is 4.17. The van der Waals surface area contributed by atoms with Crippen molar-refractivity contribution in [2.24, 2.45) is 0 Å². The van der Waals surface area contributed by atoms with Gasteiger partial charge in [0.05, 0.1) is 16.1 Å². The van der Waals surface area contributed by atoms with Crippen molar-refractivity contribution in [2.45, 2.75) is 18.4 Å². The van der Waals surface area contributed by atoms with Crippen LogP contribution in [-0.2, 0) is 5.54 Å². The van der Waals surface area contributed by atoms with Crippen LogP contribution < -0.4 is 5.32 Å². The van der Waals surface area contributed by atoms with Crippen molar-refractivity contribution in [1.29, 1.82) is 0 Å². The van der Waals surface area contributed by atoms with E-state index in [1.54, 1.807) is 18.2 Å². The number of hydrogen-bond acceptors (Lipinski definition) is 1. The second-order valence-corrected chi connectivity index (χ2v) is 5.87. The van der Waals surface area contributed by atoms with Gasteiger partial charge in [0.25, 0.3) is 5.91 Å². The van der Waals surface area contributed by atoms with Gasteiger partial charge < -0.3 is 5.32 Å². The summed E-state index contributed by atoms with van der Waals surface area (Å²) in [6, 6.07) is 14.9. The summed E-state index contributed by atoms with van der Waals surface area (Å²) in [5.41, 5.74) is 1.30. The molecular formula is C16H13Cl2NO. The molecule has 1 N–H and O–H groups in total. The maximum absolute atomic E-state index is 12.4. The van der Waals surface area contributed by atoms with E-state index in [1.807, 2.05) is 30.3 Å². The molecule has 0 aliphatic heterocycles. The second kappa shape index (κ2) is 5.12. The number of benzene rings is 2. The number of nitrogens with one attached hydrogen (secondary N) is 1. The van der Waals surface area contributed by atoms with Gasteiger partial charge in [0, 0.05) is 5.02 Å². The van der Waals surface area contributed by atoms with E-state index in [9.17, 15) is 4.79 Å². The average molecular weight is 306 g/mol. The summed E-state index contributed by atoms with van der Waals surface area (Å²) in [6.45, 7) is 0. The van der Waals surface area contributed by atoms with Crippen molar-refractivity contribution >= 4 is 29.1 Å². The highest BCUT2D eigenvalue weighted by atomic mass is 35.5. The minimum absolute atomic E-state index is 0.182. The van der Waals surface area contributed by atoms with Gasteiger partial charge in [0.2, 0.25) is 0 Å². The molecular weight excluding hydrogens is 293 g/mol. The molecule has 0 aromatic heterocycles. The molecule has 20 heavy (non-hydrogen) atoms. The molecule has 1 aliphatic carbocycles. The van der Waals surface area contributed by atoms with Gasteiger partial charge in [0.15, 0.2) is 0 Å². The summed E-state index contributed by atoms with van der Waals surface area (Å²) in [4.78, 5) is 12.4. The van der Waals surface area contributed by atoms with Crippen LogP contribution in [0.2, 0.25) is 10.0 Å². The number of halogens is 2. The molecule has 4 heteroatoms. The van der Waals surface area contributed by atoms with Crippen LogP contribution in [0.25, 0.3) is 0 Å². The minimum Gasteiger partial charge on any atom is -0.342 e. The molecule has 2 aromatic carbocycles. The molecule has 3 rings (SSSR count). The van der Waals surface area contributed by atoms with Gasteiger partial charge in [-0.3, -0.25) is 4.79 Å². The number of carbonyl (C=O) groups is 1. The van der Waals surface area contributed by atoms with Crippen molar-refractivity contribution in [3.63, 3.8) is 0 Å². The van der Waals surface area contributed by atoms with Gasteiger partial charge in [-0.1, -0.05) is 53.5 Å². The molecule has 0 spiro atoms. The minimum atomic E-state index is -0.246. The van der Waals surface area contributed by atoms with E-state index in [4.69, 9.17) is 23.2 Å². The van der Waals surface area contributed by atoms with E-state index in [0.29, 0.717) is 15.6 Å². The molecule has 102 valence electrons. The van der Waals surface area contributed by atoms with Crippen LogP contribution in [-0.4, -0.2) is 5.91 Å². The molecule has 0 bridgehead atoms. The fraction of sp³-hybridized carbons (Fsp3) is 0.188. The zero-order valence-corrected chi connectivity index (χ0v) is 12.2. The van der Waals surface area contributed by atoms with E-state index in [2.05, 4.69) is 5.32 Å². The molecule has 1 saturated carbocycles. The number of carbonyl (C=O) groups excluding carboxylic acids is 1. The Labute approximate surface area is 127 Å². The fourth-order valence-corrected chi connectivity index (χ4v) is 2.70. The van der Waals surface area contributed by atoms with Crippen LogP contribution in [0.5, 0.6) is 0 Å². The lowest BCUT2D eigenvalue weighted by Crippen LogP contribution is -2.35. The first-order valence-corrected chi connectivity index (χ1v) is 7.19. The van der Waals surface area contributed by atoms with Crippen molar-refractivity contribution in [3.8, 4) is 0 Å². The summed E-state index contributed by atoms with van der Waals surface area (Å²) >= 11 is 12.0. The summed E-state index contributed by atoms with van der Waals surface area (Å²) in [5, 5.41) is 4.00. The molecule has 1 fully saturated rings. The Bertz CT molecular complexity index is 651. The molecule has 2 aromatic rings. The number of amides is 1. The van der Waals surface area contributed by atoms with Crippen LogP contribution in [0.1, 0.15) is 28.8 Å². The highest BCUT2D eigenvalue weighted by Crippen LogP contribution is 2.45. The Kier molecular flexibility index (Phi) is 3.45. The van der Waals surface area contributed by atoms with Crippen molar-refractivity contribution in [1.82, 2.24) is 5.32 Å². The van der Waals surface area contributed by atoms with Crippen LogP contribution in [0, 0.1) is 0 Å². The largest absolute Gasteiger partial charge is 0.342 e. The van der Waals surface area contributed by atoms with Gasteiger partial charge in [-0.05, 0) is 36.6 Å². The van der Waals surface area contributed by atoms with Gasteiger partial charge >= 0.3 is 0 Å². The molecule has 2 nitrogen and oxygen atoms in total. The normalized spacial score (nSPS) is 15.7. The van der Waals surface area contributed by atoms with E-state index in [-0.39, 0.29) is 11.4 Å². The number of hydrogen-bond donors (Lipinski definition) is 1. The first-order valence-electron chi connectivity index (χ1n) is 6.44. The van der Waals surface area contributed by atoms with Gasteiger partial charge in [-0.2, -0.15) is 0 Å². The van der Waals surface area contributed by atoms with Crippen molar-refractivity contribution < 1.29 is 4.79 Å². The van der Waals surface area contributed by atoms with Gasteiger partial charge in [-0.15, -0.1) is 0 Å². The number of rotatable bonds is 3. The third kappa shape index (κ3) is 2.54. The Morgan fingerprint density at radius 3 is 2.40 bits per heavy atom. The first kappa shape index (κ1) is 13.5. The van der Waals surface area contributed by atoms with Gasteiger partial charge in [-0.25, -0.2) is 0 Å². The zero-order chi connectivity index (χ0) is 14.2. The Morgan fingerprint density at radius 1 is 1.05 bits per heavy atom. The molecule has 1 aliphatic rings. The standard InChI is InChI=1S/C16H13Cl2NO/c17-12-6-7-14(18)13(10-12)15(20)19-16(8-9-16)11-4-2-1-3-5-11/h1-7,10H,8-9H2,(H,19,20). The van der Waals surface area contributed by atoms with Crippen LogP contribution in [0.15, 0.2) is 48.5 Å². The Morgan fingerprint density at radius 2 is 1.75 bits per heavy atom. The molecule has 0 saturated heterocycles. The summed E-state index contributed by atoms with van der Waals surface area (Å²) in [6.07, 6.45) is 1.89. The molecule has 0 unspecified atom stereocenters. The maximum atomic E-state index is 12.4. The van der Waals surface area contributed by atoms with Crippen LogP contribution in [0.3, 0.4) is 0 Å². The predicted molar refractivity (Wildman–Crippen MR) is 81.3 cm³/mol. The highest BCUT2D eigenvalue weighted by molar-refractivity contribution is 6.35. The predicted octanol–water partition coefficient (Wildman–Crippen LogP) is 4.41. The monoisotopic (exact) mass is 305 g/mol. The average Bonchev–Trinajstić information content (AvgIpc) is 3.23. The van der Waals surface area contributed by atoms with E-state index in [1.165, 1.54) is 0 Å². The second-order valence-electron chi connectivity index (χ2n) is 5.03. The smallest absolute Gasteiger partial charge is 0.253 e. The third-order valence-electron chi connectivity index (χ3n) is 3.60. The summed E-state index contributed by atoms with van der Waals surface area (Å²) in [7, 11) is 0. The summed E-state index contributed by atoms with van der Waals surface area (Å²) in [5.74, 6) is -0.182. The summed E-state index contributed by atoms with van der Waals surface area (Å²) < 4.78 is 0. The maximum Gasteiger partial charge on any atom is 0.253 e. The SMILES string of the molecule is O=C(NC1(c2ccccc2)CC1)c1cc(Cl)ccc1Cl. The lowest BCUT2D eigenvalue weighted by molar-refractivity contribution is 0.0931.